The molecule has 0 bridgehead atoms. The van der Waals surface area contributed by atoms with Crippen LogP contribution in [0.1, 0.15) is 125 Å². The molecule has 15 heteroatoms. The number of alkyl carbamates (subject to hydrolysis) is 2. The molecule has 2 aromatic carbocycles. The van der Waals surface area contributed by atoms with E-state index in [2.05, 4.69) is 49.6 Å². The van der Waals surface area contributed by atoms with Gasteiger partial charge in [-0.15, -0.1) is 0 Å². The minimum atomic E-state index is -0.775. The predicted molar refractivity (Wildman–Crippen MR) is 236 cm³/mol. The maximum Gasteiger partial charge on any atom is 0.407 e. The second-order valence-corrected chi connectivity index (χ2v) is 18.4. The van der Waals surface area contributed by atoms with Crippen molar-refractivity contribution in [1.29, 1.82) is 0 Å². The quantitative estimate of drug-likeness (QED) is 0.137. The number of aromatic nitrogens is 4. The number of ether oxygens (including phenoxy) is 2. The van der Waals surface area contributed by atoms with Gasteiger partial charge >= 0.3 is 12.2 Å². The Morgan fingerprint density at radius 3 is 1.98 bits per heavy atom. The monoisotopic (exact) mass is 858 g/mol. The van der Waals surface area contributed by atoms with E-state index >= 15 is 0 Å². The maximum absolute atomic E-state index is 13.9. The summed E-state index contributed by atoms with van der Waals surface area (Å²) in [4.78, 5) is 84.9. The third kappa shape index (κ3) is 8.64. The molecule has 2 saturated heterocycles. The normalized spacial score (nSPS) is 19.9. The van der Waals surface area contributed by atoms with Gasteiger partial charge in [-0.05, 0) is 115 Å². The first-order valence-corrected chi connectivity index (χ1v) is 22.4. The number of likely N-dealkylation sites (tertiary alicyclic amines) is 2. The highest BCUT2D eigenvalue weighted by atomic mass is 16.5. The zero-order chi connectivity index (χ0) is 44.6. The Labute approximate surface area is 367 Å². The molecule has 63 heavy (non-hydrogen) atoms. The van der Waals surface area contributed by atoms with Crippen LogP contribution in [0.2, 0.25) is 0 Å². The van der Waals surface area contributed by atoms with Crippen LogP contribution in [-0.2, 0) is 31.9 Å². The highest BCUT2D eigenvalue weighted by Gasteiger charge is 2.42. The molecular weight excluding hydrogens is 801 g/mol. The summed E-state index contributed by atoms with van der Waals surface area (Å²) in [5.41, 5.74) is 6.67. The first-order valence-electron chi connectivity index (χ1n) is 22.4. The first-order chi connectivity index (χ1) is 30.3. The van der Waals surface area contributed by atoms with Crippen LogP contribution < -0.4 is 16.2 Å². The van der Waals surface area contributed by atoms with Gasteiger partial charge in [-0.3, -0.25) is 14.4 Å². The lowest BCUT2D eigenvalue weighted by Gasteiger charge is -2.30. The lowest BCUT2D eigenvalue weighted by atomic mass is 9.83. The average Bonchev–Trinajstić information content (AvgIpc) is 4.14. The van der Waals surface area contributed by atoms with Crippen LogP contribution in [0.3, 0.4) is 0 Å². The molecule has 4 amide bonds. The van der Waals surface area contributed by atoms with Crippen LogP contribution in [0.5, 0.6) is 0 Å². The van der Waals surface area contributed by atoms with Gasteiger partial charge in [0.15, 0.2) is 0 Å². The van der Waals surface area contributed by atoms with Crippen LogP contribution in [-0.4, -0.2) is 93.1 Å². The van der Waals surface area contributed by atoms with E-state index < -0.39 is 30.3 Å². The van der Waals surface area contributed by atoms with Gasteiger partial charge in [0, 0.05) is 18.7 Å². The maximum atomic E-state index is 13.9. The Hall–Kier alpha value is -6.17. The van der Waals surface area contributed by atoms with E-state index in [1.807, 2.05) is 45.9 Å². The summed E-state index contributed by atoms with van der Waals surface area (Å²) >= 11 is 0. The lowest BCUT2D eigenvalue weighted by Crippen LogP contribution is -2.51. The fraction of sp³-hybridized carbons (Fsp3) is 0.521. The number of carbonyl (C=O) groups is 4. The molecule has 2 aliphatic heterocycles. The zero-order valence-corrected chi connectivity index (χ0v) is 37.1. The van der Waals surface area contributed by atoms with Crippen molar-refractivity contribution in [1.82, 2.24) is 40.4 Å². The minimum absolute atomic E-state index is 0.127. The molecule has 4 atom stereocenters. The summed E-state index contributed by atoms with van der Waals surface area (Å²) in [6, 6.07) is 7.90. The highest BCUT2D eigenvalue weighted by molar-refractivity contribution is 5.88. The van der Waals surface area contributed by atoms with E-state index in [9.17, 15) is 24.0 Å². The third-order valence-corrected chi connectivity index (χ3v) is 13.6. The van der Waals surface area contributed by atoms with Gasteiger partial charge in [-0.25, -0.2) is 19.6 Å². The van der Waals surface area contributed by atoms with Crippen molar-refractivity contribution in [3.05, 3.63) is 80.9 Å². The van der Waals surface area contributed by atoms with Crippen LogP contribution in [0, 0.1) is 29.1 Å². The van der Waals surface area contributed by atoms with Gasteiger partial charge in [0.1, 0.15) is 29.4 Å². The van der Waals surface area contributed by atoms with Crippen LogP contribution >= 0.6 is 0 Å². The number of methoxy groups -OCH3 is 2. The number of imidazole rings is 1. The number of H-pyrrole nitrogens is 2. The highest BCUT2D eigenvalue weighted by Crippen LogP contribution is 2.51. The molecule has 0 unspecified atom stereocenters. The number of nitrogens with zero attached hydrogens (tertiary/aromatic N) is 4. The number of aromatic amines is 2. The van der Waals surface area contributed by atoms with E-state index in [0.29, 0.717) is 47.8 Å². The fourth-order valence-electron chi connectivity index (χ4n) is 10.3. The molecule has 1 spiro atoms. The molecule has 4 N–H and O–H groups in total. The molecule has 332 valence electrons. The predicted octanol–water partition coefficient (Wildman–Crippen LogP) is 6.46. The van der Waals surface area contributed by atoms with E-state index in [4.69, 9.17) is 14.5 Å². The Morgan fingerprint density at radius 1 is 0.778 bits per heavy atom. The van der Waals surface area contributed by atoms with E-state index in [0.717, 1.165) is 48.8 Å². The van der Waals surface area contributed by atoms with Gasteiger partial charge in [0.05, 0.1) is 43.4 Å². The molecule has 2 aromatic heterocycles. The van der Waals surface area contributed by atoms with E-state index in [1.54, 1.807) is 16.0 Å². The van der Waals surface area contributed by atoms with Crippen molar-refractivity contribution < 1.29 is 28.7 Å². The number of fused-ring (bicyclic) bond motifs is 2. The molecule has 4 aliphatic rings. The number of hydrogen-bond acceptors (Lipinski definition) is 9. The zero-order valence-electron chi connectivity index (χ0n) is 37.1. The van der Waals surface area contributed by atoms with Crippen LogP contribution in [0.15, 0.2) is 41.3 Å². The summed E-state index contributed by atoms with van der Waals surface area (Å²) in [5.74, 6) is 7.22. The van der Waals surface area contributed by atoms with Crippen LogP contribution in [0.4, 0.5) is 9.59 Å². The summed E-state index contributed by atoms with van der Waals surface area (Å²) in [7, 11) is 2.55. The van der Waals surface area contributed by atoms with Crippen molar-refractivity contribution in [2.75, 3.05) is 27.3 Å². The van der Waals surface area contributed by atoms with Crippen molar-refractivity contribution in [2.45, 2.75) is 116 Å². The van der Waals surface area contributed by atoms with Crippen LogP contribution in [0.25, 0.3) is 22.0 Å². The van der Waals surface area contributed by atoms with Crippen molar-refractivity contribution in [3.8, 4) is 23.0 Å². The summed E-state index contributed by atoms with van der Waals surface area (Å²) in [5, 5.41) is 5.85. The van der Waals surface area contributed by atoms with Crippen molar-refractivity contribution >= 4 is 34.9 Å². The summed E-state index contributed by atoms with van der Waals surface area (Å²) in [6.45, 7) is 8.59. The van der Waals surface area contributed by atoms with Crippen molar-refractivity contribution in [3.63, 3.8) is 0 Å². The molecular formula is C48H58N8O7. The van der Waals surface area contributed by atoms with Gasteiger partial charge in [0.2, 0.25) is 11.8 Å². The topological polar surface area (TPSA) is 192 Å². The lowest BCUT2D eigenvalue weighted by molar-refractivity contribution is -0.136. The molecule has 1 saturated carbocycles. The number of rotatable bonds is 9. The Kier molecular flexibility index (Phi) is 12.4. The molecule has 2 aliphatic carbocycles. The molecule has 0 radical (unpaired) electrons. The second kappa shape index (κ2) is 17.9. The SMILES string of the molecule is COC(=O)N[C@H](C(=O)N1CCC[C@H]1c1ncc(C#Cc2ccc(-c3ccc4nc([C@H]5CCCN5C(=O)[C@H](NC(=O)OC)C(C)C)[nH]c(=O)c4c3)c3c2CC2(CCCC2)C3)[nH]1)C(C)C. The van der Waals surface area contributed by atoms with Gasteiger partial charge in [0.25, 0.3) is 5.56 Å². The van der Waals surface area contributed by atoms with Gasteiger partial charge < -0.3 is 39.9 Å². The average molecular weight is 859 g/mol. The minimum Gasteiger partial charge on any atom is -0.453 e. The summed E-state index contributed by atoms with van der Waals surface area (Å²) < 4.78 is 9.56. The number of carbonyl (C=O) groups excluding carboxylic acids is 4. The van der Waals surface area contributed by atoms with E-state index in [1.165, 1.54) is 51.0 Å². The molecule has 15 nitrogen and oxygen atoms in total. The Morgan fingerprint density at radius 2 is 1.38 bits per heavy atom. The second-order valence-electron chi connectivity index (χ2n) is 18.4. The number of nitrogens with one attached hydrogen (secondary N) is 4. The van der Waals surface area contributed by atoms with Gasteiger partial charge in [-0.1, -0.05) is 58.6 Å². The molecule has 4 aromatic rings. The summed E-state index contributed by atoms with van der Waals surface area (Å²) in [6.07, 6.45) is 10.0. The molecule has 3 fully saturated rings. The number of hydrogen-bond donors (Lipinski definition) is 4. The molecule has 8 rings (SSSR count). The standard InChI is InChI=1S/C48H58N8O7/c1-27(2)39(52-46(60)62-5)44(58)55-21-9-11-37(55)41-49-26-31(50-41)16-13-29-14-17-32(35-25-48(24-34(29)35)19-7-8-20-48)30-15-18-36-33(23-30)43(57)54-42(51-36)38-12-10-22-56(38)45(59)40(28(3)4)53-47(61)63-6/h14-15,17-18,23,26-28,37-40H,7-12,19-22,24-25H2,1-6H3,(H,49,50)(H,52,60)(H,53,61)(H,51,54,57)/t37-,38+,39-,40+/m0/s1. The number of benzene rings is 2. The smallest absolute Gasteiger partial charge is 0.407 e. The van der Waals surface area contributed by atoms with E-state index in [-0.39, 0.29) is 40.7 Å². The Bertz CT molecular complexity index is 2540. The van der Waals surface area contributed by atoms with Crippen molar-refractivity contribution in [2.24, 2.45) is 17.3 Å². The number of amides is 4. The van der Waals surface area contributed by atoms with Gasteiger partial charge in [-0.2, -0.15) is 0 Å². The fourth-order valence-corrected chi connectivity index (χ4v) is 10.3. The Balaban J connectivity index is 1.06. The first kappa shape index (κ1) is 43.5. The molecule has 4 heterocycles. The largest absolute Gasteiger partial charge is 0.453 e. The third-order valence-electron chi connectivity index (χ3n) is 13.6.